The second-order valence-corrected chi connectivity index (χ2v) is 4.83. The van der Waals surface area contributed by atoms with Gasteiger partial charge in [-0.25, -0.2) is 4.68 Å². The van der Waals surface area contributed by atoms with Crippen molar-refractivity contribution in [2.24, 2.45) is 24.3 Å². The number of nitriles is 1. The Morgan fingerprint density at radius 1 is 1.19 bits per heavy atom. The Balaban J connectivity index is 2.15. The van der Waals surface area contributed by atoms with E-state index in [4.69, 9.17) is 5.26 Å². The molecule has 0 aliphatic rings. The van der Waals surface area contributed by atoms with Crippen LogP contribution in [-0.2, 0) is 14.1 Å². The molecule has 0 saturated carbocycles. The van der Waals surface area contributed by atoms with Crippen molar-refractivity contribution in [2.75, 3.05) is 0 Å². The maximum absolute atomic E-state index is 9.05. The van der Waals surface area contributed by atoms with Gasteiger partial charge in [0.05, 0.1) is 11.7 Å². The third kappa shape index (κ3) is 1.99. The van der Waals surface area contributed by atoms with Crippen LogP contribution in [0.3, 0.4) is 0 Å². The van der Waals surface area contributed by atoms with Crippen LogP contribution in [0.4, 0.5) is 11.5 Å². The van der Waals surface area contributed by atoms with Crippen molar-refractivity contribution in [3.63, 3.8) is 0 Å². The first-order valence-electron chi connectivity index (χ1n) is 6.51. The lowest BCUT2D eigenvalue weighted by molar-refractivity contribution is 0.764. The molecule has 0 radical (unpaired) electrons. The Bertz CT molecular complexity index is 891. The summed E-state index contributed by atoms with van der Waals surface area (Å²) >= 11 is 0. The quantitative estimate of drug-likeness (QED) is 0.673. The molecule has 3 aromatic rings. The molecule has 0 saturated heterocycles. The van der Waals surface area contributed by atoms with Gasteiger partial charge < -0.3 is 4.57 Å². The predicted molar refractivity (Wildman–Crippen MR) is 79.8 cm³/mol. The molecule has 6 nitrogen and oxygen atoms in total. The van der Waals surface area contributed by atoms with Gasteiger partial charge in [0.15, 0.2) is 5.82 Å². The monoisotopic (exact) mass is 278 g/mol. The fourth-order valence-corrected chi connectivity index (χ4v) is 2.35. The van der Waals surface area contributed by atoms with Gasteiger partial charge in [-0.2, -0.15) is 10.4 Å². The SMILES string of the molecule is Cc1c(N=Nc2c(C#N)cnn2C)c2ccccc2n1C. The third-order valence-electron chi connectivity index (χ3n) is 3.64. The first-order valence-corrected chi connectivity index (χ1v) is 6.51. The molecule has 3 rings (SSSR count). The van der Waals surface area contributed by atoms with Crippen LogP contribution >= 0.6 is 0 Å². The Morgan fingerprint density at radius 3 is 2.71 bits per heavy atom. The molecule has 6 heteroatoms. The highest BCUT2D eigenvalue weighted by atomic mass is 15.3. The maximum Gasteiger partial charge on any atom is 0.190 e. The van der Waals surface area contributed by atoms with Gasteiger partial charge in [-0.1, -0.05) is 18.2 Å². The second-order valence-electron chi connectivity index (χ2n) is 4.83. The fraction of sp³-hybridized carbons (Fsp3) is 0.200. The smallest absolute Gasteiger partial charge is 0.190 e. The second kappa shape index (κ2) is 4.87. The van der Waals surface area contributed by atoms with Crippen LogP contribution in [0, 0.1) is 18.3 Å². The van der Waals surface area contributed by atoms with Gasteiger partial charge in [-0.05, 0) is 13.0 Å². The molecule has 104 valence electrons. The highest BCUT2D eigenvalue weighted by Gasteiger charge is 2.12. The summed E-state index contributed by atoms with van der Waals surface area (Å²) in [5, 5.41) is 22.7. The highest BCUT2D eigenvalue weighted by molar-refractivity contribution is 5.93. The Labute approximate surface area is 121 Å². The molecule has 0 amide bonds. The summed E-state index contributed by atoms with van der Waals surface area (Å²) in [6, 6.07) is 10.1. The number of aryl methyl sites for hydroxylation is 2. The summed E-state index contributed by atoms with van der Waals surface area (Å²) in [6.45, 7) is 2.00. The van der Waals surface area contributed by atoms with E-state index in [1.165, 1.54) is 6.20 Å². The average Bonchev–Trinajstić information content (AvgIpc) is 2.97. The molecule has 1 aromatic carbocycles. The highest BCUT2D eigenvalue weighted by Crippen LogP contribution is 2.33. The van der Waals surface area contributed by atoms with E-state index >= 15 is 0 Å². The first-order chi connectivity index (χ1) is 10.1. The molecule has 0 bridgehead atoms. The van der Waals surface area contributed by atoms with Crippen LogP contribution in [0.15, 0.2) is 40.7 Å². The molecule has 0 unspecified atom stereocenters. The lowest BCUT2D eigenvalue weighted by Crippen LogP contribution is -1.89. The van der Waals surface area contributed by atoms with Gasteiger partial charge in [0.25, 0.3) is 0 Å². The number of aromatic nitrogens is 3. The number of hydrogen-bond donors (Lipinski definition) is 0. The van der Waals surface area contributed by atoms with Gasteiger partial charge in [0.1, 0.15) is 17.3 Å². The number of fused-ring (bicyclic) bond motifs is 1. The molecule has 0 N–H and O–H groups in total. The molecular formula is C15H14N6. The molecular weight excluding hydrogens is 264 g/mol. The third-order valence-corrected chi connectivity index (χ3v) is 3.64. The molecule has 2 heterocycles. The normalized spacial score (nSPS) is 11.3. The molecule has 0 fully saturated rings. The van der Waals surface area contributed by atoms with Gasteiger partial charge >= 0.3 is 0 Å². The number of hydrogen-bond acceptors (Lipinski definition) is 4. The zero-order valence-corrected chi connectivity index (χ0v) is 12.1. The Kier molecular flexibility index (Phi) is 3.03. The zero-order chi connectivity index (χ0) is 15.0. The summed E-state index contributed by atoms with van der Waals surface area (Å²) in [5.41, 5.74) is 3.37. The molecule has 0 aliphatic carbocycles. The van der Waals surface area contributed by atoms with Crippen molar-refractivity contribution in [1.29, 1.82) is 5.26 Å². The maximum atomic E-state index is 9.05. The molecule has 0 atom stereocenters. The molecule has 0 spiro atoms. The molecule has 2 aromatic heterocycles. The number of nitrogens with zero attached hydrogens (tertiary/aromatic N) is 6. The van der Waals surface area contributed by atoms with E-state index in [0.29, 0.717) is 11.4 Å². The lowest BCUT2D eigenvalue weighted by atomic mass is 10.2. The minimum atomic E-state index is 0.416. The van der Waals surface area contributed by atoms with Crippen molar-refractivity contribution in [3.8, 4) is 6.07 Å². The predicted octanol–water partition coefficient (Wildman–Crippen LogP) is 3.51. The Morgan fingerprint density at radius 2 is 1.95 bits per heavy atom. The van der Waals surface area contributed by atoms with Crippen molar-refractivity contribution in [3.05, 3.63) is 41.7 Å². The van der Waals surface area contributed by atoms with E-state index in [1.54, 1.807) is 11.7 Å². The van der Waals surface area contributed by atoms with Gasteiger partial charge in [-0.15, -0.1) is 10.2 Å². The van der Waals surface area contributed by atoms with Gasteiger partial charge in [0.2, 0.25) is 0 Å². The van der Waals surface area contributed by atoms with E-state index in [9.17, 15) is 0 Å². The number of rotatable bonds is 2. The number of para-hydroxylation sites is 1. The number of benzene rings is 1. The first kappa shape index (κ1) is 13.1. The molecule has 0 aliphatic heterocycles. The van der Waals surface area contributed by atoms with E-state index < -0.39 is 0 Å². The zero-order valence-electron chi connectivity index (χ0n) is 12.1. The van der Waals surface area contributed by atoms with Crippen LogP contribution in [0.25, 0.3) is 10.9 Å². The standard InChI is InChI=1S/C15H14N6/c1-10-14(12-6-4-5-7-13(12)20(10)2)18-19-15-11(8-16)9-17-21(15)3/h4-7,9H,1-3H3. The van der Waals surface area contributed by atoms with E-state index in [-0.39, 0.29) is 0 Å². The summed E-state index contributed by atoms with van der Waals surface area (Å²) in [7, 11) is 3.74. The molecule has 21 heavy (non-hydrogen) atoms. The fourth-order valence-electron chi connectivity index (χ4n) is 2.35. The van der Waals surface area contributed by atoms with E-state index in [0.717, 1.165) is 22.3 Å². The van der Waals surface area contributed by atoms with Crippen LogP contribution in [-0.4, -0.2) is 14.3 Å². The number of azo groups is 1. The van der Waals surface area contributed by atoms with Gasteiger partial charge in [-0.3, -0.25) is 0 Å². The van der Waals surface area contributed by atoms with E-state index in [2.05, 4.69) is 26.0 Å². The van der Waals surface area contributed by atoms with Crippen LogP contribution in [0.2, 0.25) is 0 Å². The largest absolute Gasteiger partial charge is 0.346 e. The van der Waals surface area contributed by atoms with Crippen molar-refractivity contribution in [1.82, 2.24) is 14.3 Å². The minimum absolute atomic E-state index is 0.416. The average molecular weight is 278 g/mol. The van der Waals surface area contributed by atoms with Crippen molar-refractivity contribution < 1.29 is 0 Å². The van der Waals surface area contributed by atoms with Crippen LogP contribution in [0.1, 0.15) is 11.3 Å². The van der Waals surface area contributed by atoms with Gasteiger partial charge in [0, 0.05) is 25.2 Å². The summed E-state index contributed by atoms with van der Waals surface area (Å²) in [6.07, 6.45) is 1.49. The summed E-state index contributed by atoms with van der Waals surface area (Å²) < 4.78 is 3.63. The van der Waals surface area contributed by atoms with Crippen LogP contribution < -0.4 is 0 Å². The van der Waals surface area contributed by atoms with E-state index in [1.807, 2.05) is 38.2 Å². The lowest BCUT2D eigenvalue weighted by Gasteiger charge is -1.97. The van der Waals surface area contributed by atoms with Crippen molar-refractivity contribution >= 4 is 22.4 Å². The van der Waals surface area contributed by atoms with Crippen LogP contribution in [0.5, 0.6) is 0 Å². The summed E-state index contributed by atoms with van der Waals surface area (Å²) in [4.78, 5) is 0. The Hall–Kier alpha value is -2.94. The topological polar surface area (TPSA) is 71.3 Å². The minimum Gasteiger partial charge on any atom is -0.346 e. The van der Waals surface area contributed by atoms with Crippen molar-refractivity contribution in [2.45, 2.75) is 6.92 Å². The summed E-state index contributed by atoms with van der Waals surface area (Å²) in [5.74, 6) is 0.463.